The molecule has 35 heavy (non-hydrogen) atoms. The Morgan fingerprint density at radius 2 is 1.89 bits per heavy atom. The third-order valence-electron chi connectivity index (χ3n) is 6.93. The highest BCUT2D eigenvalue weighted by Gasteiger charge is 2.40. The number of nitrogens with zero attached hydrogens (tertiary/aromatic N) is 3. The minimum absolute atomic E-state index is 0.00300. The molecule has 2 aromatic carbocycles. The van der Waals surface area contributed by atoms with Gasteiger partial charge in [-0.15, -0.1) is 0 Å². The third-order valence-corrected chi connectivity index (χ3v) is 6.93. The molecular formula is C26H29F2N3O4. The second-order valence-electron chi connectivity index (χ2n) is 9.55. The molecule has 0 spiro atoms. The zero-order valence-electron chi connectivity index (χ0n) is 19.5. The van der Waals surface area contributed by atoms with Crippen molar-refractivity contribution in [2.24, 2.45) is 0 Å². The lowest BCUT2D eigenvalue weighted by molar-refractivity contribution is 0.0120. The van der Waals surface area contributed by atoms with E-state index in [2.05, 4.69) is 17.0 Å². The number of halogens is 2. The normalized spacial score (nSPS) is 20.6. The Kier molecular flexibility index (Phi) is 6.46. The molecule has 0 aliphatic carbocycles. The summed E-state index contributed by atoms with van der Waals surface area (Å²) in [7, 11) is 0. The molecule has 1 atom stereocenters. The van der Waals surface area contributed by atoms with E-state index in [1.807, 2.05) is 12.1 Å². The fraction of sp³-hybridized carbons (Fsp3) is 0.462. The summed E-state index contributed by atoms with van der Waals surface area (Å²) in [6.45, 7) is 2.16. The highest BCUT2D eigenvalue weighted by atomic mass is 19.3. The Morgan fingerprint density at radius 3 is 2.66 bits per heavy atom. The van der Waals surface area contributed by atoms with E-state index in [9.17, 15) is 23.5 Å². The van der Waals surface area contributed by atoms with E-state index in [-0.39, 0.29) is 43.3 Å². The smallest absolute Gasteiger partial charge is 0.267 e. The van der Waals surface area contributed by atoms with Gasteiger partial charge in [-0.3, -0.25) is 14.5 Å². The van der Waals surface area contributed by atoms with Crippen molar-refractivity contribution in [2.75, 3.05) is 45.9 Å². The molecule has 0 saturated carbocycles. The molecule has 0 bridgehead atoms. The molecule has 186 valence electrons. The topological polar surface area (TPSA) is 73.3 Å². The zero-order chi connectivity index (χ0) is 24.6. The second kappa shape index (κ2) is 9.54. The number of alkyl halides is 2. The Morgan fingerprint density at radius 1 is 1.09 bits per heavy atom. The number of carbonyl (C=O) groups excluding carboxylic acids is 2. The van der Waals surface area contributed by atoms with Gasteiger partial charge in [0.05, 0.1) is 24.8 Å². The Balaban J connectivity index is 1.22. The highest BCUT2D eigenvalue weighted by molar-refractivity contribution is 6.00. The number of aliphatic hydroxyl groups is 1. The van der Waals surface area contributed by atoms with Crippen LogP contribution in [0.15, 0.2) is 42.5 Å². The predicted octanol–water partition coefficient (Wildman–Crippen LogP) is 2.42. The maximum atomic E-state index is 13.5. The van der Waals surface area contributed by atoms with Crippen LogP contribution >= 0.6 is 0 Å². The zero-order valence-corrected chi connectivity index (χ0v) is 19.5. The van der Waals surface area contributed by atoms with Gasteiger partial charge >= 0.3 is 0 Å². The molecule has 5 rings (SSSR count). The molecule has 0 radical (unpaired) electrons. The Bertz CT molecular complexity index is 1130. The lowest BCUT2D eigenvalue weighted by Crippen LogP contribution is -2.44. The van der Waals surface area contributed by atoms with Crippen molar-refractivity contribution >= 4 is 11.8 Å². The molecule has 9 heteroatoms. The van der Waals surface area contributed by atoms with E-state index < -0.39 is 24.5 Å². The van der Waals surface area contributed by atoms with Crippen molar-refractivity contribution in [3.05, 3.63) is 64.7 Å². The number of benzene rings is 2. The van der Waals surface area contributed by atoms with E-state index >= 15 is 0 Å². The van der Waals surface area contributed by atoms with Gasteiger partial charge in [0.15, 0.2) is 0 Å². The fourth-order valence-electron chi connectivity index (χ4n) is 5.08. The number of likely N-dealkylation sites (tertiary alicyclic amines) is 1. The van der Waals surface area contributed by atoms with Crippen LogP contribution in [0.25, 0.3) is 0 Å². The number of β-amino-alcohol motifs (C(OH)–C–C–N with tert-alkyl or cyclic N) is 1. The molecule has 3 aliphatic rings. The molecule has 3 aliphatic heterocycles. The lowest BCUT2D eigenvalue weighted by atomic mass is 10.00. The summed E-state index contributed by atoms with van der Waals surface area (Å²) in [5.41, 5.74) is 3.12. The largest absolute Gasteiger partial charge is 0.491 e. The van der Waals surface area contributed by atoms with Crippen LogP contribution in [0, 0.1) is 0 Å². The van der Waals surface area contributed by atoms with E-state index in [1.165, 1.54) is 29.3 Å². The van der Waals surface area contributed by atoms with Crippen molar-refractivity contribution in [3.8, 4) is 5.75 Å². The number of hydrogen-bond donors (Lipinski definition) is 1. The first-order valence-electron chi connectivity index (χ1n) is 12.0. The minimum atomic E-state index is -2.87. The van der Waals surface area contributed by atoms with Crippen LogP contribution in [0.1, 0.15) is 38.3 Å². The van der Waals surface area contributed by atoms with Crippen LogP contribution in [0.4, 0.5) is 8.78 Å². The number of rotatable bonds is 5. The maximum Gasteiger partial charge on any atom is 0.267 e. The molecular weight excluding hydrogens is 456 g/mol. The molecule has 7 nitrogen and oxygen atoms in total. The van der Waals surface area contributed by atoms with Crippen LogP contribution in [-0.4, -0.2) is 89.5 Å². The standard InChI is InChI=1S/C26H29F2N3O4/c27-26(28)8-10-31(17-26)24(33)19-5-6-22-23(13-19)35-12-11-30(25(22)34)16-21(32)15-29-9-7-18-3-1-2-4-20(18)14-29/h1-6,13,21,32H,7-12,14-17H2. The average Bonchev–Trinajstić information content (AvgIpc) is 3.14. The maximum absolute atomic E-state index is 13.5. The summed E-state index contributed by atoms with van der Waals surface area (Å²) < 4.78 is 32.8. The molecule has 0 aromatic heterocycles. The number of aliphatic hydroxyl groups excluding tert-OH is 1. The predicted molar refractivity (Wildman–Crippen MR) is 125 cm³/mol. The van der Waals surface area contributed by atoms with Crippen molar-refractivity contribution in [2.45, 2.75) is 31.4 Å². The number of carbonyl (C=O) groups is 2. The van der Waals surface area contributed by atoms with Gasteiger partial charge < -0.3 is 19.6 Å². The Hall–Kier alpha value is -3.04. The summed E-state index contributed by atoms with van der Waals surface area (Å²) in [6, 6.07) is 12.7. The second-order valence-corrected chi connectivity index (χ2v) is 9.55. The minimum Gasteiger partial charge on any atom is -0.491 e. The molecule has 1 N–H and O–H groups in total. The quantitative estimate of drug-likeness (QED) is 0.705. The van der Waals surface area contributed by atoms with Gasteiger partial charge in [-0.2, -0.15) is 0 Å². The Labute approximate surface area is 202 Å². The van der Waals surface area contributed by atoms with Crippen molar-refractivity contribution < 1.29 is 28.2 Å². The third kappa shape index (κ3) is 5.16. The number of amides is 2. The summed E-state index contributed by atoms with van der Waals surface area (Å²) >= 11 is 0. The van der Waals surface area contributed by atoms with E-state index in [0.29, 0.717) is 18.7 Å². The van der Waals surface area contributed by atoms with Gasteiger partial charge in [-0.05, 0) is 35.7 Å². The summed E-state index contributed by atoms with van der Waals surface area (Å²) in [6.07, 6.45) is -0.133. The molecule has 3 heterocycles. The van der Waals surface area contributed by atoms with Crippen LogP contribution in [0.2, 0.25) is 0 Å². The lowest BCUT2D eigenvalue weighted by Gasteiger charge is -2.32. The first-order valence-corrected chi connectivity index (χ1v) is 12.0. The van der Waals surface area contributed by atoms with Crippen LogP contribution in [0.5, 0.6) is 5.75 Å². The first kappa shape index (κ1) is 23.7. The number of fused-ring (bicyclic) bond motifs is 2. The SMILES string of the molecule is O=C(c1ccc2c(c1)OCCN(CC(O)CN1CCc3ccccc3C1)C2=O)N1CCC(F)(F)C1. The summed E-state index contributed by atoms with van der Waals surface area (Å²) in [5, 5.41) is 10.8. The van der Waals surface area contributed by atoms with E-state index in [1.54, 1.807) is 4.90 Å². The van der Waals surface area contributed by atoms with Crippen LogP contribution < -0.4 is 4.74 Å². The number of ether oxygens (including phenoxy) is 1. The van der Waals surface area contributed by atoms with Crippen molar-refractivity contribution in [1.29, 1.82) is 0 Å². The summed E-state index contributed by atoms with van der Waals surface area (Å²) in [5.74, 6) is -3.39. The fourth-order valence-corrected chi connectivity index (χ4v) is 5.08. The van der Waals surface area contributed by atoms with Crippen LogP contribution in [-0.2, 0) is 13.0 Å². The van der Waals surface area contributed by atoms with Gasteiger partial charge in [0, 0.05) is 44.7 Å². The van der Waals surface area contributed by atoms with E-state index in [0.717, 1.165) is 24.4 Å². The van der Waals surface area contributed by atoms with Crippen molar-refractivity contribution in [1.82, 2.24) is 14.7 Å². The molecule has 1 unspecified atom stereocenters. The van der Waals surface area contributed by atoms with Crippen molar-refractivity contribution in [3.63, 3.8) is 0 Å². The highest BCUT2D eigenvalue weighted by Crippen LogP contribution is 2.30. The monoisotopic (exact) mass is 485 g/mol. The molecule has 1 saturated heterocycles. The first-order chi connectivity index (χ1) is 16.8. The van der Waals surface area contributed by atoms with Gasteiger partial charge in [-0.25, -0.2) is 8.78 Å². The van der Waals surface area contributed by atoms with E-state index in [4.69, 9.17) is 4.74 Å². The van der Waals surface area contributed by atoms with Gasteiger partial charge in [0.1, 0.15) is 12.4 Å². The number of hydrogen-bond acceptors (Lipinski definition) is 5. The van der Waals surface area contributed by atoms with Crippen LogP contribution in [0.3, 0.4) is 0 Å². The van der Waals surface area contributed by atoms with Gasteiger partial charge in [0.25, 0.3) is 17.7 Å². The molecule has 1 fully saturated rings. The molecule has 2 aromatic rings. The summed E-state index contributed by atoms with van der Waals surface area (Å²) in [4.78, 5) is 30.7. The molecule has 2 amide bonds. The van der Waals surface area contributed by atoms with Gasteiger partial charge in [-0.1, -0.05) is 24.3 Å². The average molecular weight is 486 g/mol. The van der Waals surface area contributed by atoms with Gasteiger partial charge in [0.2, 0.25) is 0 Å².